The third-order valence-corrected chi connectivity index (χ3v) is 4.28. The van der Waals surface area contributed by atoms with Crippen molar-refractivity contribution in [2.24, 2.45) is 0 Å². The fraction of sp³-hybridized carbons (Fsp3) is 0.286. The molecule has 2 aliphatic carbocycles. The average molecular weight is 532 g/mol. The second kappa shape index (κ2) is 15.1. The van der Waals surface area contributed by atoms with Crippen LogP contribution >= 0.6 is 15.4 Å². The molecule has 8 nitrogen and oxygen atoms in total. The summed E-state index contributed by atoms with van der Waals surface area (Å²) in [7, 11) is -2.75. The predicted molar refractivity (Wildman–Crippen MR) is 79.5 cm³/mol. The molecule has 0 spiro atoms. The molecule has 0 N–H and O–H groups in total. The Hall–Kier alpha value is -0.837. The van der Waals surface area contributed by atoms with Crippen molar-refractivity contribution in [3.8, 4) is 0 Å². The van der Waals surface area contributed by atoms with Crippen molar-refractivity contribution in [1.82, 2.24) is 0 Å². The number of carbonyl (C=O) groups is 2. The van der Waals surface area contributed by atoms with Crippen LogP contribution in [0.5, 0.6) is 0 Å². The number of carbonyl (C=O) groups excluding carboxylic acids is 2. The fourth-order valence-corrected chi connectivity index (χ4v) is 2.55. The summed E-state index contributed by atoms with van der Waals surface area (Å²) < 4.78 is 50.4. The van der Waals surface area contributed by atoms with Gasteiger partial charge in [-0.15, -0.1) is 11.1 Å². The first-order valence-electron chi connectivity index (χ1n) is 6.41. The smallest absolute Gasteiger partial charge is 1.00 e. The third kappa shape index (κ3) is 9.78. The van der Waals surface area contributed by atoms with Crippen LogP contribution in [-0.4, -0.2) is 26.2 Å². The van der Waals surface area contributed by atoms with Crippen LogP contribution in [0.3, 0.4) is 0 Å². The summed E-state index contributed by atoms with van der Waals surface area (Å²) in [4.78, 5) is 21.6. The van der Waals surface area contributed by atoms with E-state index in [2.05, 4.69) is 21.6 Å². The number of halogens is 2. The Balaban J connectivity index is -0.000000384. The van der Waals surface area contributed by atoms with Gasteiger partial charge in [-0.2, -0.15) is 24.3 Å². The number of methoxy groups -OCH3 is 2. The topological polar surface area (TPSA) is 121 Å². The average Bonchev–Trinajstić information content (AvgIpc) is 3.23. The van der Waals surface area contributed by atoms with E-state index >= 15 is 0 Å². The van der Waals surface area contributed by atoms with Gasteiger partial charge >= 0.3 is 41.6 Å². The summed E-state index contributed by atoms with van der Waals surface area (Å²) in [6, 6.07) is 0. The van der Waals surface area contributed by atoms with E-state index in [1.54, 1.807) is 0 Å². The normalized spacial score (nSPS) is 13.4. The van der Waals surface area contributed by atoms with Crippen molar-refractivity contribution in [3.63, 3.8) is 0 Å². The summed E-state index contributed by atoms with van der Waals surface area (Å²) in [5.41, 5.74) is 0.374. The Bertz CT molecular complexity index is 739. The molecule has 0 bridgehead atoms. The van der Waals surface area contributed by atoms with Gasteiger partial charge in [-0.1, -0.05) is 12.8 Å². The molecule has 27 heavy (non-hydrogen) atoms. The molecule has 13 heteroatoms. The monoisotopic (exact) mass is 530 g/mol. The van der Waals surface area contributed by atoms with Crippen LogP contribution in [0.15, 0.2) is 33.9 Å². The molecule has 0 heterocycles. The van der Waals surface area contributed by atoms with E-state index in [9.17, 15) is 27.8 Å². The molecule has 2 rings (SSSR count). The van der Waals surface area contributed by atoms with E-state index < -0.39 is 27.3 Å². The van der Waals surface area contributed by atoms with Crippen LogP contribution in [0.25, 0.3) is 0 Å². The maximum Gasteiger partial charge on any atom is 4.00 e. The molecule has 2 aliphatic rings. The van der Waals surface area contributed by atoms with Crippen molar-refractivity contribution in [2.75, 3.05) is 14.2 Å². The van der Waals surface area contributed by atoms with Gasteiger partial charge in [0.1, 0.15) is 0 Å². The van der Waals surface area contributed by atoms with E-state index in [4.69, 9.17) is 0 Å². The van der Waals surface area contributed by atoms with E-state index in [0.717, 1.165) is 0 Å². The molecular formula is C14H12Cl2O8P2Zr. The Labute approximate surface area is 188 Å². The van der Waals surface area contributed by atoms with Crippen LogP contribution in [0.1, 0.15) is 12.8 Å². The van der Waals surface area contributed by atoms with Crippen molar-refractivity contribution >= 4 is 27.3 Å². The van der Waals surface area contributed by atoms with Crippen molar-refractivity contribution in [2.45, 2.75) is 12.8 Å². The Kier molecular flexibility index (Phi) is 17.3. The van der Waals surface area contributed by atoms with Crippen molar-refractivity contribution in [1.29, 1.82) is 0 Å². The number of esters is 2. The minimum atomic E-state index is -2.61. The van der Waals surface area contributed by atoms with Gasteiger partial charge in [0, 0.05) is 0 Å². The van der Waals surface area contributed by atoms with Crippen molar-refractivity contribution in [3.05, 3.63) is 46.1 Å². The molecule has 0 aromatic heterocycles. The standard InChI is InChI=1S/2C7H6O4P.2ClH.Zr/c2*1-11-7(8)5-2-3-6(4-5)12(9)10;;;/h2*2H,3H2,1H3;2*1H;/q2*-1;;;+4/p-2. The van der Waals surface area contributed by atoms with E-state index in [1.807, 2.05) is 0 Å². The molecule has 0 aromatic rings. The van der Waals surface area contributed by atoms with Crippen molar-refractivity contribution < 1.29 is 88.3 Å². The summed E-state index contributed by atoms with van der Waals surface area (Å²) in [6.45, 7) is 0. The summed E-state index contributed by atoms with van der Waals surface area (Å²) in [5, 5.41) is 0.260. The largest absolute Gasteiger partial charge is 4.00 e. The molecule has 0 radical (unpaired) electrons. The van der Waals surface area contributed by atoms with Gasteiger partial charge < -0.3 is 43.9 Å². The number of rotatable bonds is 4. The predicted octanol–water partition coefficient (Wildman–Crippen LogP) is -3.30. The SMILES string of the molecule is COC(=O)C1=CCC(P(=O)=O)=[C-]1.COC(=O)C1=CCC(P(=O)=O)=[C-]1.[Cl-].[Cl-].[Zr+4]. The van der Waals surface area contributed by atoms with Crippen LogP contribution in [0, 0.1) is 12.2 Å². The van der Waals surface area contributed by atoms with Gasteiger partial charge in [0.2, 0.25) is 11.9 Å². The second-order valence-corrected chi connectivity index (χ2v) is 6.39. The molecule has 0 amide bonds. The molecule has 0 saturated carbocycles. The Morgan fingerprint density at radius 2 is 1.11 bits per heavy atom. The van der Waals surface area contributed by atoms with Gasteiger partial charge in [-0.05, 0) is 10.6 Å². The number of allylic oxidation sites excluding steroid dienone is 4. The molecule has 0 saturated heterocycles. The maximum atomic E-state index is 10.8. The van der Waals surface area contributed by atoms with Crippen LogP contribution in [0.4, 0.5) is 0 Å². The van der Waals surface area contributed by atoms with Crippen LogP contribution in [0.2, 0.25) is 0 Å². The fourth-order valence-electron chi connectivity index (χ4n) is 1.64. The molecular weight excluding hydrogens is 520 g/mol. The van der Waals surface area contributed by atoms with Gasteiger partial charge in [0.15, 0.2) is 0 Å². The Morgan fingerprint density at radius 1 is 0.815 bits per heavy atom. The minimum Gasteiger partial charge on any atom is -1.00 e. The van der Waals surface area contributed by atoms with E-state index in [1.165, 1.54) is 26.4 Å². The second-order valence-electron chi connectivity index (χ2n) is 4.28. The zero-order chi connectivity index (χ0) is 18.3. The first-order chi connectivity index (χ1) is 11.3. The Morgan fingerprint density at radius 3 is 1.30 bits per heavy atom. The number of hydrogen-bond donors (Lipinski definition) is 0. The molecule has 0 fully saturated rings. The number of hydrogen-bond acceptors (Lipinski definition) is 8. The van der Waals surface area contributed by atoms with Gasteiger partial charge in [0.05, 0.1) is 14.2 Å². The zero-order valence-electron chi connectivity index (χ0n) is 14.0. The molecule has 0 aliphatic heterocycles. The molecule has 0 aromatic carbocycles. The quantitative estimate of drug-likeness (QED) is 0.210. The van der Waals surface area contributed by atoms with E-state index in [0.29, 0.717) is 0 Å². The third-order valence-electron chi connectivity index (χ3n) is 2.81. The van der Waals surface area contributed by atoms with Crippen LogP contribution in [-0.2, 0) is 63.5 Å². The van der Waals surface area contributed by atoms with E-state index in [-0.39, 0.29) is 85.6 Å². The maximum absolute atomic E-state index is 10.8. The summed E-state index contributed by atoms with van der Waals surface area (Å²) in [5.74, 6) is -1.11. The molecule has 144 valence electrons. The first kappa shape index (κ1) is 30.9. The number of ether oxygens (including phenoxy) is 2. The van der Waals surface area contributed by atoms with Gasteiger partial charge in [0.25, 0.3) is 0 Å². The molecule has 0 unspecified atom stereocenters. The minimum absolute atomic E-state index is 0. The summed E-state index contributed by atoms with van der Waals surface area (Å²) >= 11 is 0. The van der Waals surface area contributed by atoms with Crippen LogP contribution < -0.4 is 24.8 Å². The molecule has 0 atom stereocenters. The van der Waals surface area contributed by atoms with Gasteiger partial charge in [-0.25, -0.2) is 18.3 Å². The van der Waals surface area contributed by atoms with Gasteiger partial charge in [-0.3, -0.25) is 0 Å². The zero-order valence-corrected chi connectivity index (χ0v) is 19.7. The first-order valence-corrected chi connectivity index (χ1v) is 8.77. The summed E-state index contributed by atoms with van der Waals surface area (Å²) in [6.07, 6.45) is 8.33.